The van der Waals surface area contributed by atoms with E-state index >= 15 is 0 Å². The molecule has 82 heavy (non-hydrogen) atoms. The highest BCUT2D eigenvalue weighted by atomic mass is 16.6. The van der Waals surface area contributed by atoms with Crippen molar-refractivity contribution in [2.24, 2.45) is 22.9 Å². The van der Waals surface area contributed by atoms with Gasteiger partial charge in [-0.25, -0.2) is 0 Å². The van der Waals surface area contributed by atoms with Crippen molar-refractivity contribution in [3.8, 4) is 11.5 Å². The lowest BCUT2D eigenvalue weighted by atomic mass is 10.0. The Morgan fingerprint density at radius 2 is 0.878 bits per heavy atom. The molecule has 448 valence electrons. The van der Waals surface area contributed by atoms with Crippen molar-refractivity contribution in [3.05, 3.63) is 67.8 Å². The normalized spacial score (nSPS) is 19.7. The Labute approximate surface area is 465 Å². The van der Waals surface area contributed by atoms with E-state index in [2.05, 4.69) is 42.5 Å². The Morgan fingerprint density at radius 1 is 0.537 bits per heavy atom. The number of nitrogens with zero attached hydrogens (tertiary/aromatic N) is 2. The van der Waals surface area contributed by atoms with Gasteiger partial charge in [-0.1, -0.05) is 0 Å². The van der Waals surface area contributed by atoms with Crippen LogP contribution in [-0.4, -0.2) is 167 Å². The van der Waals surface area contributed by atoms with Crippen LogP contribution < -0.4 is 74.9 Å². The molecule has 0 saturated carbocycles. The number of primary amides is 2. The van der Waals surface area contributed by atoms with E-state index in [0.29, 0.717) is 0 Å². The fourth-order valence-corrected chi connectivity index (χ4v) is 7.73. The smallest absolute Gasteiger partial charge is 0.303 e. The molecule has 34 nitrogen and oxygen atoms in total. The molecule has 1 aliphatic heterocycles. The largest absolute Gasteiger partial charge is 0.493 e. The first kappa shape index (κ1) is 66.7. The third-order valence-corrected chi connectivity index (χ3v) is 12.0. The van der Waals surface area contributed by atoms with Crippen molar-refractivity contribution in [1.29, 1.82) is 0 Å². The average molecular weight is 1160 g/mol. The number of amides is 10. The Balaban J connectivity index is 2.30. The van der Waals surface area contributed by atoms with Gasteiger partial charge in [-0.3, -0.25) is 77.8 Å². The summed E-state index contributed by atoms with van der Waals surface area (Å²) >= 11 is 0. The number of non-ortho nitro benzene ring substituents is 2. The molecule has 3 rings (SSSR count). The summed E-state index contributed by atoms with van der Waals surface area (Å²) in [4.78, 5) is 181. The zero-order valence-electron chi connectivity index (χ0n) is 44.1. The highest BCUT2D eigenvalue weighted by Gasteiger charge is 2.34. The average Bonchev–Trinajstić information content (AvgIpc) is 3.53. The Hall–Kier alpha value is -9.60. The van der Waals surface area contributed by atoms with Gasteiger partial charge >= 0.3 is 11.9 Å². The van der Waals surface area contributed by atoms with Crippen molar-refractivity contribution in [1.82, 2.24) is 42.5 Å². The van der Waals surface area contributed by atoms with Gasteiger partial charge in [-0.15, -0.1) is 0 Å². The van der Waals surface area contributed by atoms with E-state index in [0.717, 1.165) is 36.4 Å². The molecule has 0 bridgehead atoms. The summed E-state index contributed by atoms with van der Waals surface area (Å²) in [6.45, 7) is -2.54. The molecule has 0 fully saturated rings. The molecule has 1 aliphatic rings. The fraction of sp³-hybridized carbons (Fsp3) is 0.500. The molecule has 18 N–H and O–H groups in total. The SMILES string of the molecule is NCCCC[C@H]1NC(=O)[C@H](CCC(=O)O)NC(=O)c2cc([N+](=O)[O-])ccc2OCC[C@@H](C(=O)NCC(N)=O)NC(=O)[C@@H](CCCCN)NC(=O)[C@H](CCC(=O)O)NC(=O)c2cc([N+](=O)[O-])ccc2OCC[C@@H](C(=O)NCC(N)=O)NC1=O. The summed E-state index contributed by atoms with van der Waals surface area (Å²) < 4.78 is 11.6. The van der Waals surface area contributed by atoms with Crippen molar-refractivity contribution in [2.75, 3.05) is 39.4 Å². The molecule has 0 saturated heterocycles. The number of hydrogen-bond donors (Lipinski definition) is 14. The third-order valence-electron chi connectivity index (χ3n) is 12.0. The summed E-state index contributed by atoms with van der Waals surface area (Å²) in [6.07, 6.45) is -3.45. The molecular weight excluding hydrogens is 1090 g/mol. The first-order valence-electron chi connectivity index (χ1n) is 25.5. The Kier molecular flexibility index (Phi) is 27.4. The molecule has 0 spiro atoms. The Bertz CT molecular complexity index is 2530. The summed E-state index contributed by atoms with van der Waals surface area (Å²) in [5, 5.41) is 61.8. The number of carbonyl (C=O) groups excluding carboxylic acids is 10. The van der Waals surface area contributed by atoms with E-state index in [9.17, 15) is 88.0 Å². The minimum atomic E-state index is -1.82. The van der Waals surface area contributed by atoms with Crippen LogP contribution in [0.5, 0.6) is 11.5 Å². The van der Waals surface area contributed by atoms with Crippen LogP contribution in [0.1, 0.15) is 97.8 Å². The summed E-state index contributed by atoms with van der Waals surface area (Å²) in [7, 11) is 0. The maximum atomic E-state index is 14.2. The second kappa shape index (κ2) is 33.7. The predicted molar refractivity (Wildman–Crippen MR) is 281 cm³/mol. The van der Waals surface area contributed by atoms with E-state index in [4.69, 9.17) is 32.4 Å². The number of carboxylic acid groups (broad SMARTS) is 2. The van der Waals surface area contributed by atoms with Crippen LogP contribution in [0.15, 0.2) is 36.4 Å². The summed E-state index contributed by atoms with van der Waals surface area (Å²) in [5.41, 5.74) is 19.2. The van der Waals surface area contributed by atoms with Crippen LogP contribution >= 0.6 is 0 Å². The van der Waals surface area contributed by atoms with Gasteiger partial charge in [0.2, 0.25) is 47.3 Å². The van der Waals surface area contributed by atoms with Crippen LogP contribution in [0.4, 0.5) is 11.4 Å². The van der Waals surface area contributed by atoms with Gasteiger partial charge < -0.3 is 85.2 Å². The lowest BCUT2D eigenvalue weighted by Crippen LogP contribution is -2.57. The zero-order chi connectivity index (χ0) is 61.1. The van der Waals surface area contributed by atoms with Crippen LogP contribution in [-0.2, 0) is 47.9 Å². The van der Waals surface area contributed by atoms with Crippen molar-refractivity contribution < 1.29 is 87.1 Å². The van der Waals surface area contributed by atoms with Gasteiger partial charge in [0.1, 0.15) is 47.8 Å². The maximum absolute atomic E-state index is 14.2. The lowest BCUT2D eigenvalue weighted by molar-refractivity contribution is -0.385. The number of nitro benzene ring substituents is 2. The monoisotopic (exact) mass is 1160 g/mol. The number of nitro groups is 2. The molecule has 0 radical (unpaired) electrons. The molecule has 1 heterocycles. The van der Waals surface area contributed by atoms with E-state index in [1.807, 2.05) is 0 Å². The molecule has 6 atom stereocenters. The summed E-state index contributed by atoms with van der Waals surface area (Å²) in [6, 6.07) is -4.88. The molecule has 2 aromatic rings. The molecule has 2 aromatic carbocycles. The number of fused-ring (bicyclic) bond motifs is 2. The number of carboxylic acids is 2. The van der Waals surface area contributed by atoms with Crippen LogP contribution in [0, 0.1) is 20.2 Å². The number of hydrogen-bond acceptors (Lipinski definition) is 20. The molecular formula is C48H66N14O20. The topological polar surface area (TPSA) is 550 Å². The van der Waals surface area contributed by atoms with Crippen molar-refractivity contribution in [3.63, 3.8) is 0 Å². The number of nitrogens with one attached hydrogen (secondary N) is 8. The molecule has 10 amide bonds. The van der Waals surface area contributed by atoms with Gasteiger partial charge in [0.05, 0.1) is 47.3 Å². The lowest BCUT2D eigenvalue weighted by Gasteiger charge is -2.26. The van der Waals surface area contributed by atoms with Crippen molar-refractivity contribution in [2.45, 2.75) is 113 Å². The molecule has 0 aliphatic carbocycles. The van der Waals surface area contributed by atoms with E-state index in [1.54, 1.807) is 0 Å². The number of benzene rings is 2. The number of carbonyl (C=O) groups is 12. The highest BCUT2D eigenvalue weighted by Crippen LogP contribution is 2.27. The third kappa shape index (κ3) is 22.6. The molecule has 34 heteroatoms. The maximum Gasteiger partial charge on any atom is 0.303 e. The van der Waals surface area contributed by atoms with Gasteiger partial charge in [0.25, 0.3) is 23.2 Å². The predicted octanol–water partition coefficient (Wildman–Crippen LogP) is -3.92. The molecule has 0 unspecified atom stereocenters. The minimum Gasteiger partial charge on any atom is -0.493 e. The second-order valence-corrected chi connectivity index (χ2v) is 18.2. The van der Waals surface area contributed by atoms with E-state index in [-0.39, 0.29) is 51.6 Å². The number of ether oxygens (including phenoxy) is 2. The first-order chi connectivity index (χ1) is 38.8. The van der Waals surface area contributed by atoms with E-state index < -0.39 is 216 Å². The molecule has 0 aromatic heterocycles. The van der Waals surface area contributed by atoms with E-state index in [1.165, 1.54) is 0 Å². The quantitative estimate of drug-likeness (QED) is 0.0304. The van der Waals surface area contributed by atoms with Crippen molar-refractivity contribution >= 4 is 82.4 Å². The van der Waals surface area contributed by atoms with Gasteiger partial charge in [-0.2, -0.15) is 0 Å². The van der Waals surface area contributed by atoms with Gasteiger partial charge in [-0.05, 0) is 76.6 Å². The number of nitrogens with two attached hydrogens (primary N) is 4. The number of unbranched alkanes of at least 4 members (excludes halogenated alkanes) is 2. The first-order valence-corrected chi connectivity index (χ1v) is 25.5. The minimum absolute atomic E-state index is 0.107. The standard InChI is InChI=1S/C48H66N14O20/c49-17-3-1-5-29-45(73)59-33(43(71)53-23-37(51)63)15-19-81-36-12-8-26(62(79)80)22-28(36)42(70)56-32(10-14-40(67)68)48(76)58-30(6-2-4-18-50)46(74)60-34(44(72)54-24-38(52)64)16-20-82-35-11-7-25(61(77)78)21-27(35)41(69)55-31(47(75)57-29)9-13-39(65)66/h7-8,11-12,21-22,29-34H,1-6,9-10,13-20,23-24,49-50H2,(H2,51,63)(H2,52,64)(H,53,71)(H,54,72)(H,55,69)(H,56,70)(H,57,75)(H,58,76)(H,59,73)(H,60,74)(H,65,66)(H,67,68)/t29-,30-,31+,32+,33+,34+/m1/s1. The number of aliphatic carboxylic acids is 2. The van der Waals surface area contributed by atoms with Crippen LogP contribution in [0.3, 0.4) is 0 Å². The summed E-state index contributed by atoms with van der Waals surface area (Å²) in [5.74, 6) is -14.9. The van der Waals surface area contributed by atoms with Crippen LogP contribution in [0.25, 0.3) is 0 Å². The zero-order valence-corrected chi connectivity index (χ0v) is 44.1. The highest BCUT2D eigenvalue weighted by molar-refractivity contribution is 6.02. The van der Waals surface area contributed by atoms with Gasteiger partial charge in [0.15, 0.2) is 0 Å². The Morgan fingerprint density at radius 3 is 1.20 bits per heavy atom. The second-order valence-electron chi connectivity index (χ2n) is 18.2. The number of rotatable bonds is 22. The fourth-order valence-electron chi connectivity index (χ4n) is 7.73. The van der Waals surface area contributed by atoms with Crippen LogP contribution in [0.2, 0.25) is 0 Å². The van der Waals surface area contributed by atoms with Gasteiger partial charge in [0, 0.05) is 49.9 Å².